The number of aryl methyl sites for hydroxylation is 1. The van der Waals surface area contributed by atoms with Crippen LogP contribution in [0.25, 0.3) is 0 Å². The van der Waals surface area contributed by atoms with Crippen molar-refractivity contribution >= 4 is 34.8 Å². The summed E-state index contributed by atoms with van der Waals surface area (Å²) in [6.45, 7) is 1.69. The van der Waals surface area contributed by atoms with Gasteiger partial charge in [0.15, 0.2) is 4.34 Å². The summed E-state index contributed by atoms with van der Waals surface area (Å²) < 4.78 is 14.3. The van der Waals surface area contributed by atoms with Gasteiger partial charge in [0.1, 0.15) is 5.82 Å². The van der Waals surface area contributed by atoms with Gasteiger partial charge in [0.05, 0.1) is 28.0 Å². The van der Waals surface area contributed by atoms with E-state index in [2.05, 4.69) is 4.98 Å². The molecule has 0 saturated carbocycles. The zero-order valence-electron chi connectivity index (χ0n) is 10.7. The van der Waals surface area contributed by atoms with Crippen molar-refractivity contribution in [2.24, 2.45) is 0 Å². The molecule has 0 aliphatic rings. The lowest BCUT2D eigenvalue weighted by molar-refractivity contribution is -0.385. The van der Waals surface area contributed by atoms with Crippen molar-refractivity contribution < 1.29 is 19.2 Å². The van der Waals surface area contributed by atoms with Crippen LogP contribution in [-0.2, 0) is 11.2 Å². The van der Waals surface area contributed by atoms with Gasteiger partial charge in [0.25, 0.3) is 5.69 Å². The lowest BCUT2D eigenvalue weighted by Gasteiger charge is -1.99. The molecule has 0 bridgehead atoms. The Balaban J connectivity index is 2.22. The third kappa shape index (κ3) is 3.76. The summed E-state index contributed by atoms with van der Waals surface area (Å²) in [6, 6.07) is 3.37. The fourth-order valence-electron chi connectivity index (χ4n) is 1.53. The number of carboxylic acids is 1. The number of nitrogens with zero attached hydrogens (tertiary/aromatic N) is 2. The molecular weight excluding hydrogens is 319 g/mol. The Kier molecular flexibility index (Phi) is 4.53. The molecule has 1 N–H and O–H groups in total. The minimum Gasteiger partial charge on any atom is -0.481 e. The summed E-state index contributed by atoms with van der Waals surface area (Å²) in [5.41, 5.74) is 0.269. The molecule has 110 valence electrons. The van der Waals surface area contributed by atoms with E-state index in [4.69, 9.17) is 5.11 Å². The third-order valence-electron chi connectivity index (χ3n) is 2.51. The van der Waals surface area contributed by atoms with E-state index in [0.717, 1.165) is 17.8 Å². The van der Waals surface area contributed by atoms with E-state index in [0.29, 0.717) is 14.9 Å². The number of aliphatic carboxylic acids is 1. The minimum atomic E-state index is -0.959. The summed E-state index contributed by atoms with van der Waals surface area (Å²) in [5, 5.41) is 19.3. The predicted octanol–water partition coefficient (Wildman–Crippen LogP) is 3.28. The maximum Gasteiger partial charge on any atom is 0.308 e. The molecule has 0 fully saturated rings. The van der Waals surface area contributed by atoms with Gasteiger partial charge in [-0.25, -0.2) is 9.37 Å². The lowest BCUT2D eigenvalue weighted by Crippen LogP contribution is -1.99. The van der Waals surface area contributed by atoms with Gasteiger partial charge in [0, 0.05) is 10.9 Å². The summed E-state index contributed by atoms with van der Waals surface area (Å²) >= 11 is 2.19. The van der Waals surface area contributed by atoms with E-state index >= 15 is 0 Å². The van der Waals surface area contributed by atoms with Crippen molar-refractivity contribution in [2.45, 2.75) is 22.6 Å². The highest BCUT2D eigenvalue weighted by molar-refractivity contribution is 8.01. The average Bonchev–Trinajstić information content (AvgIpc) is 2.71. The molecule has 0 spiro atoms. The normalized spacial score (nSPS) is 10.6. The Hall–Kier alpha value is -2.00. The fraction of sp³-hybridized carbons (Fsp3) is 0.167. The summed E-state index contributed by atoms with van der Waals surface area (Å²) in [6.07, 6.45) is -0.132. The van der Waals surface area contributed by atoms with Gasteiger partial charge >= 0.3 is 5.97 Å². The first-order chi connectivity index (χ1) is 9.86. The van der Waals surface area contributed by atoms with E-state index in [1.165, 1.54) is 23.5 Å². The summed E-state index contributed by atoms with van der Waals surface area (Å²) in [7, 11) is 0. The molecule has 0 unspecified atom stereocenters. The van der Waals surface area contributed by atoms with Gasteiger partial charge in [-0.05, 0) is 13.0 Å². The van der Waals surface area contributed by atoms with E-state index in [-0.39, 0.29) is 17.0 Å². The topological polar surface area (TPSA) is 93.3 Å². The molecule has 0 atom stereocenters. The van der Waals surface area contributed by atoms with Crippen LogP contribution in [0.1, 0.15) is 10.6 Å². The lowest BCUT2D eigenvalue weighted by atomic mass is 10.3. The van der Waals surface area contributed by atoms with Crippen molar-refractivity contribution in [1.82, 2.24) is 4.98 Å². The first-order valence-electron chi connectivity index (χ1n) is 5.66. The largest absolute Gasteiger partial charge is 0.481 e. The number of benzene rings is 1. The number of nitro groups is 1. The number of thiazole rings is 1. The molecule has 1 aromatic carbocycles. The Morgan fingerprint density at radius 2 is 2.29 bits per heavy atom. The van der Waals surface area contributed by atoms with Gasteiger partial charge in [-0.2, -0.15) is 0 Å². The van der Waals surface area contributed by atoms with Gasteiger partial charge < -0.3 is 5.11 Å². The van der Waals surface area contributed by atoms with Crippen LogP contribution >= 0.6 is 23.1 Å². The number of non-ortho nitro benzene ring substituents is 1. The quantitative estimate of drug-likeness (QED) is 0.669. The molecule has 1 aromatic heterocycles. The molecule has 21 heavy (non-hydrogen) atoms. The monoisotopic (exact) mass is 328 g/mol. The van der Waals surface area contributed by atoms with Crippen LogP contribution in [0.4, 0.5) is 10.1 Å². The molecule has 0 amide bonds. The number of nitro benzene ring substituents is 1. The van der Waals surface area contributed by atoms with Crippen LogP contribution < -0.4 is 0 Å². The highest BCUT2D eigenvalue weighted by atomic mass is 32.2. The average molecular weight is 328 g/mol. The van der Waals surface area contributed by atoms with E-state index < -0.39 is 16.7 Å². The van der Waals surface area contributed by atoms with Crippen LogP contribution in [0, 0.1) is 22.9 Å². The van der Waals surface area contributed by atoms with E-state index in [1.54, 1.807) is 6.92 Å². The molecule has 2 aromatic rings. The Morgan fingerprint density at radius 3 is 2.86 bits per heavy atom. The van der Waals surface area contributed by atoms with Crippen LogP contribution in [0.2, 0.25) is 0 Å². The SMILES string of the molecule is Cc1nc(Sc2ccc([N+](=O)[O-])cc2F)sc1CC(=O)O. The first-order valence-corrected chi connectivity index (χ1v) is 7.30. The predicted molar refractivity (Wildman–Crippen MR) is 75.4 cm³/mol. The number of carbonyl (C=O) groups is 1. The zero-order valence-corrected chi connectivity index (χ0v) is 12.3. The number of carboxylic acid groups (broad SMARTS) is 1. The van der Waals surface area contributed by atoms with E-state index in [1.807, 2.05) is 0 Å². The van der Waals surface area contributed by atoms with Crippen LogP contribution in [0.15, 0.2) is 27.4 Å². The Bertz CT molecular complexity index is 717. The van der Waals surface area contributed by atoms with Crippen molar-refractivity contribution in [3.8, 4) is 0 Å². The second-order valence-corrected chi connectivity index (χ2v) is 6.41. The smallest absolute Gasteiger partial charge is 0.308 e. The summed E-state index contributed by atoms with van der Waals surface area (Å²) in [4.78, 5) is 25.5. The highest BCUT2D eigenvalue weighted by Gasteiger charge is 2.15. The minimum absolute atomic E-state index is 0.132. The molecule has 6 nitrogen and oxygen atoms in total. The first kappa shape index (κ1) is 15.4. The number of hydrogen-bond donors (Lipinski definition) is 1. The number of rotatable bonds is 5. The van der Waals surface area contributed by atoms with Crippen LogP contribution in [-0.4, -0.2) is 21.0 Å². The Labute approximate surface area is 126 Å². The van der Waals surface area contributed by atoms with Crippen LogP contribution in [0.3, 0.4) is 0 Å². The maximum atomic E-state index is 13.8. The number of hydrogen-bond acceptors (Lipinski definition) is 6. The highest BCUT2D eigenvalue weighted by Crippen LogP contribution is 2.35. The second kappa shape index (κ2) is 6.19. The van der Waals surface area contributed by atoms with Gasteiger partial charge in [0.2, 0.25) is 0 Å². The number of halogens is 1. The molecule has 0 radical (unpaired) electrons. The van der Waals surface area contributed by atoms with Crippen molar-refractivity contribution in [3.05, 3.63) is 44.7 Å². The van der Waals surface area contributed by atoms with Gasteiger partial charge in [-0.1, -0.05) is 11.8 Å². The van der Waals surface area contributed by atoms with Crippen molar-refractivity contribution in [3.63, 3.8) is 0 Å². The van der Waals surface area contributed by atoms with E-state index in [9.17, 15) is 19.3 Å². The number of aromatic nitrogens is 1. The zero-order chi connectivity index (χ0) is 15.6. The van der Waals surface area contributed by atoms with Gasteiger partial charge in [-0.3, -0.25) is 14.9 Å². The maximum absolute atomic E-state index is 13.8. The fourth-order valence-corrected chi connectivity index (χ4v) is 3.71. The molecule has 1 heterocycles. The molecule has 0 saturated heterocycles. The molecule has 9 heteroatoms. The second-order valence-electron chi connectivity index (χ2n) is 4.03. The van der Waals surface area contributed by atoms with Crippen LogP contribution in [0.5, 0.6) is 0 Å². The molecule has 2 rings (SSSR count). The van der Waals surface area contributed by atoms with Crippen molar-refractivity contribution in [2.75, 3.05) is 0 Å². The van der Waals surface area contributed by atoms with Crippen molar-refractivity contribution in [1.29, 1.82) is 0 Å². The Morgan fingerprint density at radius 1 is 1.57 bits per heavy atom. The summed E-state index contributed by atoms with van der Waals surface area (Å²) in [5.74, 6) is -1.67. The molecule has 0 aliphatic heterocycles. The van der Waals surface area contributed by atoms with Gasteiger partial charge in [-0.15, -0.1) is 11.3 Å². The third-order valence-corrected chi connectivity index (χ3v) is 4.78. The molecular formula is C12H9FN2O4S2. The standard InChI is InChI=1S/C12H9FN2O4S2/c1-6-10(5-11(16)17)21-12(14-6)20-9-3-2-7(15(18)19)4-8(9)13/h2-4H,5H2,1H3,(H,16,17). The molecule has 0 aliphatic carbocycles.